The molecule has 3 heterocycles. The molecular formula is C23H24N4O2S. The lowest BCUT2D eigenvalue weighted by Crippen LogP contribution is -2.03. The van der Waals surface area contributed by atoms with Crippen molar-refractivity contribution >= 4 is 22.7 Å². The van der Waals surface area contributed by atoms with E-state index < -0.39 is 0 Å². The van der Waals surface area contributed by atoms with Crippen molar-refractivity contribution in [1.82, 2.24) is 19.7 Å². The molecule has 0 aliphatic heterocycles. The first kappa shape index (κ1) is 20.3. The average Bonchev–Trinajstić information content (AvgIpc) is 3.14. The van der Waals surface area contributed by atoms with E-state index in [9.17, 15) is 4.79 Å². The van der Waals surface area contributed by atoms with Crippen LogP contribution >= 0.6 is 11.8 Å². The van der Waals surface area contributed by atoms with Crippen molar-refractivity contribution in [2.45, 2.75) is 51.1 Å². The predicted molar refractivity (Wildman–Crippen MR) is 120 cm³/mol. The number of aromatic nitrogens is 4. The summed E-state index contributed by atoms with van der Waals surface area (Å²) in [5.74, 6) is 1.82. The number of nitrogens with zero attached hydrogens (tertiary/aromatic N) is 4. The molecule has 0 bridgehead atoms. The second-order valence-corrected chi connectivity index (χ2v) is 8.47. The summed E-state index contributed by atoms with van der Waals surface area (Å²) in [5.41, 5.74) is 4.63. The Morgan fingerprint density at radius 3 is 2.60 bits per heavy atom. The molecule has 4 aromatic rings. The highest BCUT2D eigenvalue weighted by Gasteiger charge is 2.16. The number of fused-ring (bicyclic) bond motifs is 1. The van der Waals surface area contributed by atoms with Gasteiger partial charge < -0.3 is 8.98 Å². The Labute approximate surface area is 179 Å². The van der Waals surface area contributed by atoms with Crippen LogP contribution in [0.25, 0.3) is 22.4 Å². The van der Waals surface area contributed by atoms with Gasteiger partial charge in [-0.1, -0.05) is 25.6 Å². The molecule has 0 unspecified atom stereocenters. The third-order valence-electron chi connectivity index (χ3n) is 5.17. The molecule has 0 N–H and O–H groups in total. The molecule has 0 fully saturated rings. The maximum Gasteiger partial charge on any atom is 0.336 e. The Balaban J connectivity index is 1.70. The number of rotatable bonds is 6. The first-order chi connectivity index (χ1) is 14.5. The fraction of sp³-hybridized carbons (Fsp3) is 0.304. The molecule has 0 spiro atoms. The van der Waals surface area contributed by atoms with Gasteiger partial charge in [0.05, 0.1) is 0 Å². The van der Waals surface area contributed by atoms with Crippen LogP contribution in [0.3, 0.4) is 0 Å². The molecule has 1 aromatic carbocycles. The van der Waals surface area contributed by atoms with Gasteiger partial charge in [-0.15, -0.1) is 10.2 Å². The lowest BCUT2D eigenvalue weighted by atomic mass is 9.95. The molecule has 30 heavy (non-hydrogen) atoms. The van der Waals surface area contributed by atoms with E-state index in [1.165, 1.54) is 5.56 Å². The van der Waals surface area contributed by atoms with Gasteiger partial charge in [0.25, 0.3) is 0 Å². The van der Waals surface area contributed by atoms with Crippen LogP contribution in [0.1, 0.15) is 43.4 Å². The maximum absolute atomic E-state index is 12.1. The third-order valence-corrected chi connectivity index (χ3v) is 6.18. The summed E-state index contributed by atoms with van der Waals surface area (Å²) in [5, 5.41) is 10.6. The van der Waals surface area contributed by atoms with Gasteiger partial charge in [0.2, 0.25) is 0 Å². The molecule has 0 saturated heterocycles. The minimum atomic E-state index is -0.329. The lowest BCUT2D eigenvalue weighted by Gasteiger charge is -2.13. The summed E-state index contributed by atoms with van der Waals surface area (Å²) in [6, 6.07) is 9.56. The molecule has 0 amide bonds. The first-order valence-electron chi connectivity index (χ1n) is 10.0. The fourth-order valence-corrected chi connectivity index (χ4v) is 4.66. The van der Waals surface area contributed by atoms with Crippen LogP contribution in [0.15, 0.2) is 57.1 Å². The lowest BCUT2D eigenvalue weighted by molar-refractivity contribution is 0.559. The zero-order valence-corrected chi connectivity index (χ0v) is 18.4. The molecule has 0 atom stereocenters. The second-order valence-electron chi connectivity index (χ2n) is 7.53. The van der Waals surface area contributed by atoms with Gasteiger partial charge in [0, 0.05) is 41.7 Å². The van der Waals surface area contributed by atoms with Crippen molar-refractivity contribution in [2.75, 3.05) is 0 Å². The van der Waals surface area contributed by atoms with E-state index in [4.69, 9.17) is 4.42 Å². The van der Waals surface area contributed by atoms with Gasteiger partial charge in [0.1, 0.15) is 5.58 Å². The van der Waals surface area contributed by atoms with Gasteiger partial charge in [0.15, 0.2) is 11.0 Å². The zero-order valence-electron chi connectivity index (χ0n) is 17.5. The molecule has 4 rings (SSSR count). The highest BCUT2D eigenvalue weighted by atomic mass is 32.2. The Hall–Kier alpha value is -2.93. The summed E-state index contributed by atoms with van der Waals surface area (Å²) in [6.07, 6.45) is 3.50. The number of aryl methyl sites for hydroxylation is 1. The molecule has 154 valence electrons. The van der Waals surface area contributed by atoms with Crippen molar-refractivity contribution in [1.29, 1.82) is 0 Å². The minimum absolute atomic E-state index is 0.329. The van der Waals surface area contributed by atoms with Gasteiger partial charge in [-0.25, -0.2) is 4.79 Å². The molecule has 7 heteroatoms. The van der Waals surface area contributed by atoms with E-state index in [-0.39, 0.29) is 5.63 Å². The number of pyridine rings is 1. The van der Waals surface area contributed by atoms with Crippen LogP contribution in [0, 0.1) is 6.92 Å². The Kier molecular flexibility index (Phi) is 5.72. The van der Waals surface area contributed by atoms with Gasteiger partial charge in [-0.3, -0.25) is 4.98 Å². The molecule has 0 aliphatic carbocycles. The SMILES string of the molecule is CCn1c(SCc2cc(=O)oc3cc(C)c(C(C)C)cc23)nnc1-c1ccncc1. The largest absolute Gasteiger partial charge is 0.423 e. The normalized spacial score (nSPS) is 11.5. The van der Waals surface area contributed by atoms with Crippen LogP contribution in [-0.2, 0) is 12.3 Å². The molecule has 0 aliphatic rings. The molecule has 6 nitrogen and oxygen atoms in total. The summed E-state index contributed by atoms with van der Waals surface area (Å²) >= 11 is 1.58. The van der Waals surface area contributed by atoms with Gasteiger partial charge in [-0.2, -0.15) is 0 Å². The minimum Gasteiger partial charge on any atom is -0.423 e. The molecule has 0 saturated carbocycles. The van der Waals surface area contributed by atoms with E-state index in [1.54, 1.807) is 30.2 Å². The van der Waals surface area contributed by atoms with E-state index >= 15 is 0 Å². The van der Waals surface area contributed by atoms with Crippen LogP contribution < -0.4 is 5.63 Å². The van der Waals surface area contributed by atoms with Crippen molar-refractivity contribution in [3.63, 3.8) is 0 Å². The molecule has 3 aromatic heterocycles. The van der Waals surface area contributed by atoms with Crippen molar-refractivity contribution < 1.29 is 4.42 Å². The van der Waals surface area contributed by atoms with Crippen molar-refractivity contribution in [3.05, 3.63) is 69.8 Å². The number of benzene rings is 1. The Morgan fingerprint density at radius 2 is 1.90 bits per heavy atom. The van der Waals surface area contributed by atoms with Crippen molar-refractivity contribution in [2.24, 2.45) is 0 Å². The van der Waals surface area contributed by atoms with Crippen LogP contribution in [0.5, 0.6) is 0 Å². The summed E-state index contributed by atoms with van der Waals surface area (Å²) in [4.78, 5) is 16.2. The Morgan fingerprint density at radius 1 is 1.13 bits per heavy atom. The second kappa shape index (κ2) is 8.44. The highest BCUT2D eigenvalue weighted by Crippen LogP contribution is 2.31. The van der Waals surface area contributed by atoms with Crippen LogP contribution in [-0.4, -0.2) is 19.7 Å². The topological polar surface area (TPSA) is 73.8 Å². The average molecular weight is 421 g/mol. The zero-order chi connectivity index (χ0) is 21.3. The van der Waals surface area contributed by atoms with Crippen molar-refractivity contribution in [3.8, 4) is 11.4 Å². The number of thioether (sulfide) groups is 1. The third kappa shape index (κ3) is 3.89. The fourth-order valence-electron chi connectivity index (χ4n) is 3.67. The quantitative estimate of drug-likeness (QED) is 0.316. The van der Waals surface area contributed by atoms with Crippen LogP contribution in [0.4, 0.5) is 0 Å². The smallest absolute Gasteiger partial charge is 0.336 e. The first-order valence-corrected chi connectivity index (χ1v) is 11.0. The van der Waals surface area contributed by atoms with E-state index in [1.807, 2.05) is 18.2 Å². The van der Waals surface area contributed by atoms with Gasteiger partial charge in [-0.05, 0) is 60.7 Å². The molecular weight excluding hydrogens is 396 g/mol. The summed E-state index contributed by atoms with van der Waals surface area (Å²) in [7, 11) is 0. The van der Waals surface area contributed by atoms with E-state index in [0.717, 1.165) is 39.6 Å². The predicted octanol–water partition coefficient (Wildman–Crippen LogP) is 5.19. The molecule has 0 radical (unpaired) electrons. The van der Waals surface area contributed by atoms with E-state index in [0.29, 0.717) is 17.3 Å². The summed E-state index contributed by atoms with van der Waals surface area (Å²) < 4.78 is 7.55. The number of hydrogen-bond donors (Lipinski definition) is 0. The van der Waals surface area contributed by atoms with E-state index in [2.05, 4.69) is 53.5 Å². The summed E-state index contributed by atoms with van der Waals surface area (Å²) in [6.45, 7) is 9.22. The standard InChI is InChI=1S/C23H24N4O2S/c1-5-27-22(16-6-8-24-9-7-16)25-26-23(27)30-13-17-11-21(28)29-20-10-15(4)18(14(2)3)12-19(17)20/h6-12,14H,5,13H2,1-4H3. The highest BCUT2D eigenvalue weighted by molar-refractivity contribution is 7.98. The number of hydrogen-bond acceptors (Lipinski definition) is 6. The Bertz CT molecular complexity index is 1250. The van der Waals surface area contributed by atoms with Gasteiger partial charge >= 0.3 is 5.63 Å². The van der Waals surface area contributed by atoms with Crippen LogP contribution in [0.2, 0.25) is 0 Å². The monoisotopic (exact) mass is 420 g/mol. The maximum atomic E-state index is 12.1.